The van der Waals surface area contributed by atoms with Crippen molar-refractivity contribution in [3.63, 3.8) is 0 Å². The molecule has 34 heavy (non-hydrogen) atoms. The van der Waals surface area contributed by atoms with E-state index in [1.165, 1.54) is 10.8 Å². The second-order valence-corrected chi connectivity index (χ2v) is 8.04. The lowest BCUT2D eigenvalue weighted by atomic mass is 9.86. The molecule has 4 N–H and O–H groups in total. The van der Waals surface area contributed by atoms with Gasteiger partial charge in [-0.25, -0.2) is 15.2 Å². The van der Waals surface area contributed by atoms with Crippen LogP contribution in [0.1, 0.15) is 35.6 Å². The molecule has 0 radical (unpaired) electrons. The number of amides is 2. The maximum Gasteiger partial charge on any atom is 0.343 e. The Morgan fingerprint density at radius 2 is 2.09 bits per heavy atom. The molecule has 0 saturated carbocycles. The predicted molar refractivity (Wildman–Crippen MR) is 119 cm³/mol. The zero-order valence-corrected chi connectivity index (χ0v) is 18.0. The third-order valence-corrected chi connectivity index (χ3v) is 6.22. The minimum absolute atomic E-state index is 0.0389. The number of ether oxygens (including phenoxy) is 1. The van der Waals surface area contributed by atoms with Gasteiger partial charge in [-0.05, 0) is 18.6 Å². The first-order chi connectivity index (χ1) is 16.3. The summed E-state index contributed by atoms with van der Waals surface area (Å²) < 4.78 is 6.60. The average Bonchev–Trinajstić information content (AvgIpc) is 3.20. The first-order valence-corrected chi connectivity index (χ1v) is 10.5. The number of aliphatic hydroxyl groups is 1. The molecular formula is C23H19N5O6. The van der Waals surface area contributed by atoms with E-state index in [0.717, 1.165) is 0 Å². The Hall–Kier alpha value is -4.38. The van der Waals surface area contributed by atoms with Gasteiger partial charge in [-0.3, -0.25) is 14.4 Å². The number of nitrogens with one attached hydrogen (secondary N) is 1. The van der Waals surface area contributed by atoms with Crippen molar-refractivity contribution < 1.29 is 24.2 Å². The van der Waals surface area contributed by atoms with Crippen molar-refractivity contribution in [3.05, 3.63) is 62.9 Å². The number of para-hydroxylation sites is 1. The maximum absolute atomic E-state index is 13.4. The van der Waals surface area contributed by atoms with Crippen LogP contribution >= 0.6 is 0 Å². The van der Waals surface area contributed by atoms with Crippen LogP contribution in [0.3, 0.4) is 0 Å². The molecule has 2 aliphatic rings. The molecule has 2 aromatic heterocycles. The van der Waals surface area contributed by atoms with Crippen molar-refractivity contribution in [2.75, 3.05) is 0 Å². The van der Waals surface area contributed by atoms with Crippen LogP contribution in [0.15, 0.2) is 40.2 Å². The highest BCUT2D eigenvalue weighted by Crippen LogP contribution is 2.39. The summed E-state index contributed by atoms with van der Waals surface area (Å²) in [7, 11) is 0. The zero-order valence-electron chi connectivity index (χ0n) is 18.0. The minimum Gasteiger partial charge on any atom is -0.458 e. The van der Waals surface area contributed by atoms with Gasteiger partial charge in [-0.2, -0.15) is 5.10 Å². The van der Waals surface area contributed by atoms with Gasteiger partial charge in [0.15, 0.2) is 5.60 Å². The smallest absolute Gasteiger partial charge is 0.343 e. The maximum atomic E-state index is 13.4. The molecule has 3 aromatic rings. The molecule has 11 heteroatoms. The molecule has 0 spiro atoms. The highest BCUT2D eigenvalue weighted by Gasteiger charge is 2.45. The number of hydrogen-bond donors (Lipinski definition) is 3. The van der Waals surface area contributed by atoms with Crippen LogP contribution in [0, 0.1) is 0 Å². The summed E-state index contributed by atoms with van der Waals surface area (Å²) >= 11 is 0. The molecule has 1 atom stereocenters. The Balaban J connectivity index is 1.73. The number of pyridine rings is 2. The van der Waals surface area contributed by atoms with E-state index in [4.69, 9.17) is 15.5 Å². The molecule has 172 valence electrons. The molecule has 0 saturated heterocycles. The fraction of sp³-hybridized carbons (Fsp3) is 0.217. The van der Waals surface area contributed by atoms with Crippen molar-refractivity contribution in [1.82, 2.24) is 15.0 Å². The minimum atomic E-state index is -1.93. The summed E-state index contributed by atoms with van der Waals surface area (Å²) in [6, 6.07) is 8.84. The average molecular weight is 461 g/mol. The number of fused-ring (bicyclic) bond motifs is 5. The second-order valence-electron chi connectivity index (χ2n) is 8.04. The summed E-state index contributed by atoms with van der Waals surface area (Å²) in [6.07, 6.45) is 1.41. The number of hydrazone groups is 1. The SMILES string of the molecule is CC[C@@]1(O)C(=O)OCc2c1cc1n(c2=O)Cc2c-1nc1ccccc1c2/C=N\NC(=O)C(N)=O. The van der Waals surface area contributed by atoms with E-state index in [-0.39, 0.29) is 36.3 Å². The van der Waals surface area contributed by atoms with Crippen molar-refractivity contribution in [1.29, 1.82) is 0 Å². The number of primary amides is 1. The van der Waals surface area contributed by atoms with Crippen LogP contribution in [0.4, 0.5) is 0 Å². The van der Waals surface area contributed by atoms with Crippen LogP contribution in [-0.2, 0) is 37.9 Å². The van der Waals surface area contributed by atoms with E-state index in [9.17, 15) is 24.3 Å². The van der Waals surface area contributed by atoms with E-state index >= 15 is 0 Å². The molecule has 11 nitrogen and oxygen atoms in total. The van der Waals surface area contributed by atoms with Crippen LogP contribution in [-0.4, -0.2) is 38.7 Å². The summed E-state index contributed by atoms with van der Waals surface area (Å²) in [5.74, 6) is -3.04. The highest BCUT2D eigenvalue weighted by atomic mass is 16.6. The zero-order chi connectivity index (χ0) is 24.2. The Morgan fingerprint density at radius 3 is 2.82 bits per heavy atom. The lowest BCUT2D eigenvalue weighted by Crippen LogP contribution is -2.44. The number of hydrogen-bond acceptors (Lipinski definition) is 8. The monoisotopic (exact) mass is 461 g/mol. The largest absolute Gasteiger partial charge is 0.458 e. The summed E-state index contributed by atoms with van der Waals surface area (Å²) in [4.78, 5) is 52.9. The number of nitrogens with two attached hydrogens (primary N) is 1. The molecule has 4 heterocycles. The van der Waals surface area contributed by atoms with Gasteiger partial charge in [-0.15, -0.1) is 0 Å². The van der Waals surface area contributed by atoms with E-state index in [1.807, 2.05) is 12.1 Å². The first kappa shape index (κ1) is 21.5. The van der Waals surface area contributed by atoms with E-state index in [0.29, 0.717) is 33.4 Å². The Bertz CT molecular complexity index is 1510. The fourth-order valence-corrected chi connectivity index (χ4v) is 4.42. The van der Waals surface area contributed by atoms with E-state index in [1.54, 1.807) is 25.1 Å². The first-order valence-electron chi connectivity index (χ1n) is 10.5. The van der Waals surface area contributed by atoms with Crippen LogP contribution in [0.2, 0.25) is 0 Å². The Labute approximate surface area is 191 Å². The number of cyclic esters (lactones) is 1. The van der Waals surface area contributed by atoms with Crippen molar-refractivity contribution >= 4 is 34.9 Å². The third kappa shape index (κ3) is 3.01. The van der Waals surface area contributed by atoms with Crippen molar-refractivity contribution in [2.45, 2.75) is 32.1 Å². The number of rotatable bonds is 3. The van der Waals surface area contributed by atoms with Gasteiger partial charge in [0.2, 0.25) is 0 Å². The summed E-state index contributed by atoms with van der Waals surface area (Å²) in [5.41, 5.74) is 7.91. The van der Waals surface area contributed by atoms with E-state index in [2.05, 4.69) is 10.5 Å². The number of benzene rings is 1. The van der Waals surface area contributed by atoms with Gasteiger partial charge in [0.25, 0.3) is 5.56 Å². The molecule has 0 aliphatic carbocycles. The predicted octanol–water partition coefficient (Wildman–Crippen LogP) is 0.0150. The molecule has 2 amide bonds. The van der Waals surface area contributed by atoms with Gasteiger partial charge in [0.1, 0.15) is 6.61 Å². The second kappa shape index (κ2) is 7.59. The fourth-order valence-electron chi connectivity index (χ4n) is 4.42. The molecule has 0 fully saturated rings. The highest BCUT2D eigenvalue weighted by molar-refractivity contribution is 6.34. The molecule has 5 rings (SSSR count). The Kier molecular flexibility index (Phi) is 4.79. The normalized spacial score (nSPS) is 18.4. The van der Waals surface area contributed by atoms with Gasteiger partial charge in [-0.1, -0.05) is 25.1 Å². The quantitative estimate of drug-likeness (QED) is 0.167. The molecule has 0 bridgehead atoms. The number of carbonyl (C=O) groups is 3. The van der Waals surface area contributed by atoms with Gasteiger partial charge in [0.05, 0.1) is 35.2 Å². The van der Waals surface area contributed by atoms with Crippen LogP contribution in [0.5, 0.6) is 0 Å². The topological polar surface area (TPSA) is 166 Å². The molecule has 2 aliphatic heterocycles. The van der Waals surface area contributed by atoms with Crippen molar-refractivity contribution in [3.8, 4) is 11.4 Å². The summed E-state index contributed by atoms with van der Waals surface area (Å²) in [5, 5.41) is 15.6. The number of esters is 1. The van der Waals surface area contributed by atoms with Crippen LogP contribution in [0.25, 0.3) is 22.3 Å². The standard InChI is InChI=1S/C23H19N5O6/c1-2-23(33)15-7-17-18-13(9-28(17)21(31)14(15)10-34-22(23)32)12(8-25-27-20(30)19(24)29)11-5-3-4-6-16(11)26-18/h3-8,33H,2,9-10H2,1H3,(H2,24,29)(H,27,30)/b25-8-/t23-/m0/s1. The number of carbonyl (C=O) groups excluding carboxylic acids is 3. The lowest BCUT2D eigenvalue weighted by Gasteiger charge is -2.31. The molecular weight excluding hydrogens is 442 g/mol. The Morgan fingerprint density at radius 1 is 1.32 bits per heavy atom. The molecule has 0 unspecified atom stereocenters. The third-order valence-electron chi connectivity index (χ3n) is 6.22. The summed E-state index contributed by atoms with van der Waals surface area (Å²) in [6.45, 7) is 1.56. The van der Waals surface area contributed by atoms with Gasteiger partial charge in [0, 0.05) is 22.1 Å². The van der Waals surface area contributed by atoms with Crippen molar-refractivity contribution in [2.24, 2.45) is 10.8 Å². The van der Waals surface area contributed by atoms with Gasteiger partial charge >= 0.3 is 17.8 Å². The van der Waals surface area contributed by atoms with E-state index < -0.39 is 23.4 Å². The lowest BCUT2D eigenvalue weighted by molar-refractivity contribution is -0.172. The molecule has 1 aromatic carbocycles. The van der Waals surface area contributed by atoms with Crippen LogP contribution < -0.4 is 16.7 Å². The number of nitrogens with zero attached hydrogens (tertiary/aromatic N) is 3. The number of aromatic nitrogens is 2. The van der Waals surface area contributed by atoms with Gasteiger partial charge < -0.3 is 20.1 Å².